The fraction of sp³-hybridized carbons (Fsp3) is 0.278. The van der Waals surface area contributed by atoms with E-state index >= 15 is 0 Å². The molecule has 0 heterocycles. The van der Waals surface area contributed by atoms with E-state index in [1.807, 2.05) is 0 Å². The van der Waals surface area contributed by atoms with Crippen LogP contribution in [0.15, 0.2) is 55.2 Å². The molecule has 0 radical (unpaired) electrons. The number of hydrogen-bond acceptors (Lipinski definition) is 2. The quantitative estimate of drug-likeness (QED) is 0.763. The van der Waals surface area contributed by atoms with Gasteiger partial charge in [-0.15, -0.1) is 0 Å². The number of halogens is 1. The van der Waals surface area contributed by atoms with Crippen LogP contribution in [0.5, 0.6) is 5.75 Å². The zero-order valence-corrected chi connectivity index (χ0v) is 13.1. The second-order valence-corrected chi connectivity index (χ2v) is 5.46. The van der Waals surface area contributed by atoms with E-state index < -0.39 is 23.1 Å². The Bertz CT molecular complexity index is 615. The van der Waals surface area contributed by atoms with Crippen LogP contribution in [0.1, 0.15) is 25.3 Å². The zero-order valence-electron chi connectivity index (χ0n) is 13.1. The van der Waals surface area contributed by atoms with Crippen molar-refractivity contribution >= 4 is 5.97 Å². The largest absolute Gasteiger partial charge is 0.494 e. The third kappa shape index (κ3) is 3.45. The maximum Gasteiger partial charge on any atom is 0.310 e. The number of carboxylic acids is 1. The van der Waals surface area contributed by atoms with Crippen LogP contribution in [-0.4, -0.2) is 18.2 Å². The van der Waals surface area contributed by atoms with E-state index in [1.54, 1.807) is 38.1 Å². The molecule has 0 saturated heterocycles. The lowest BCUT2D eigenvalue weighted by Gasteiger charge is -2.32. The lowest BCUT2D eigenvalue weighted by molar-refractivity contribution is -0.147. The molecule has 3 nitrogen and oxygen atoms in total. The molecule has 0 aliphatic rings. The SMILES string of the molecule is C=C/C=C(\C=C)C(c1ccc(OC)c(F)c1)C(C)(C)C(=O)O. The molecule has 4 heteroatoms. The second-order valence-electron chi connectivity index (χ2n) is 5.46. The molecular formula is C18H21FO3. The van der Waals surface area contributed by atoms with Gasteiger partial charge in [0.1, 0.15) is 0 Å². The number of aliphatic carboxylic acids is 1. The highest BCUT2D eigenvalue weighted by Gasteiger charge is 2.39. The first-order valence-corrected chi connectivity index (χ1v) is 6.81. The van der Waals surface area contributed by atoms with Gasteiger partial charge < -0.3 is 9.84 Å². The van der Waals surface area contributed by atoms with Gasteiger partial charge in [0.15, 0.2) is 11.6 Å². The fourth-order valence-electron chi connectivity index (χ4n) is 2.43. The number of methoxy groups -OCH3 is 1. The minimum Gasteiger partial charge on any atom is -0.494 e. The van der Waals surface area contributed by atoms with Crippen molar-refractivity contribution in [1.29, 1.82) is 0 Å². The summed E-state index contributed by atoms with van der Waals surface area (Å²) in [4.78, 5) is 11.7. The molecule has 22 heavy (non-hydrogen) atoms. The first kappa shape index (κ1) is 17.7. The van der Waals surface area contributed by atoms with Gasteiger partial charge in [0, 0.05) is 5.92 Å². The minimum atomic E-state index is -1.15. The summed E-state index contributed by atoms with van der Waals surface area (Å²) in [5.74, 6) is -1.97. The molecular weight excluding hydrogens is 283 g/mol. The number of carboxylic acid groups (broad SMARTS) is 1. The number of allylic oxidation sites excluding steroid dienone is 4. The molecule has 118 valence electrons. The number of rotatable bonds is 7. The van der Waals surface area contributed by atoms with Crippen molar-refractivity contribution in [3.05, 3.63) is 66.5 Å². The highest BCUT2D eigenvalue weighted by Crippen LogP contribution is 2.42. The van der Waals surface area contributed by atoms with Crippen molar-refractivity contribution in [3.8, 4) is 5.75 Å². The highest BCUT2D eigenvalue weighted by molar-refractivity contribution is 5.76. The Labute approximate surface area is 130 Å². The standard InChI is InChI=1S/C18H21FO3/c1-6-8-12(7-2)16(18(3,4)17(20)21)13-9-10-15(22-5)14(19)11-13/h6-11,16H,1-2H2,3-5H3,(H,20,21)/b12-8+. The van der Waals surface area contributed by atoms with E-state index in [9.17, 15) is 14.3 Å². The summed E-state index contributed by atoms with van der Waals surface area (Å²) in [6, 6.07) is 4.45. The van der Waals surface area contributed by atoms with Crippen molar-refractivity contribution in [3.63, 3.8) is 0 Å². The fourth-order valence-corrected chi connectivity index (χ4v) is 2.43. The predicted octanol–water partition coefficient (Wildman–Crippen LogP) is 4.33. The number of carbonyl (C=O) groups is 1. The molecule has 0 saturated carbocycles. The Kier molecular flexibility index (Phi) is 5.69. The van der Waals surface area contributed by atoms with Crippen molar-refractivity contribution < 1.29 is 19.0 Å². The third-order valence-electron chi connectivity index (χ3n) is 3.66. The Balaban J connectivity index is 3.54. The monoisotopic (exact) mass is 304 g/mol. The molecule has 1 unspecified atom stereocenters. The lowest BCUT2D eigenvalue weighted by Crippen LogP contribution is -2.32. The summed E-state index contributed by atoms with van der Waals surface area (Å²) in [7, 11) is 1.38. The van der Waals surface area contributed by atoms with E-state index in [4.69, 9.17) is 4.74 Å². The van der Waals surface area contributed by atoms with Crippen molar-refractivity contribution in [2.24, 2.45) is 5.41 Å². The van der Waals surface area contributed by atoms with Crippen LogP contribution in [0.4, 0.5) is 4.39 Å². The molecule has 0 spiro atoms. The number of ether oxygens (including phenoxy) is 1. The second kappa shape index (κ2) is 7.07. The Morgan fingerprint density at radius 2 is 2.05 bits per heavy atom. The summed E-state index contributed by atoms with van der Waals surface area (Å²) in [5, 5.41) is 9.55. The van der Waals surface area contributed by atoms with E-state index in [0.29, 0.717) is 11.1 Å². The van der Waals surface area contributed by atoms with Gasteiger partial charge in [0.25, 0.3) is 0 Å². The summed E-state index contributed by atoms with van der Waals surface area (Å²) in [6.07, 6.45) is 4.81. The van der Waals surface area contributed by atoms with Gasteiger partial charge >= 0.3 is 5.97 Å². The first-order chi connectivity index (χ1) is 10.3. The van der Waals surface area contributed by atoms with Gasteiger partial charge in [0.05, 0.1) is 12.5 Å². The van der Waals surface area contributed by atoms with E-state index in [-0.39, 0.29) is 5.75 Å². The molecule has 0 aliphatic carbocycles. The normalized spacial score (nSPS) is 13.4. The molecule has 1 aromatic rings. The zero-order chi connectivity index (χ0) is 16.9. The van der Waals surface area contributed by atoms with E-state index in [2.05, 4.69) is 13.2 Å². The molecule has 0 amide bonds. The van der Waals surface area contributed by atoms with Gasteiger partial charge in [-0.2, -0.15) is 0 Å². The molecule has 0 fully saturated rings. The predicted molar refractivity (Wildman–Crippen MR) is 85.6 cm³/mol. The van der Waals surface area contributed by atoms with Crippen LogP contribution >= 0.6 is 0 Å². The molecule has 1 aromatic carbocycles. The molecule has 1 atom stereocenters. The van der Waals surface area contributed by atoms with Crippen LogP contribution in [0.2, 0.25) is 0 Å². The summed E-state index contributed by atoms with van der Waals surface area (Å²) < 4.78 is 18.9. The van der Waals surface area contributed by atoms with Crippen LogP contribution in [0.3, 0.4) is 0 Å². The van der Waals surface area contributed by atoms with Gasteiger partial charge in [-0.3, -0.25) is 4.79 Å². The topological polar surface area (TPSA) is 46.5 Å². The van der Waals surface area contributed by atoms with Gasteiger partial charge in [-0.05, 0) is 37.1 Å². The lowest BCUT2D eigenvalue weighted by atomic mass is 9.70. The molecule has 0 aliphatic heterocycles. The van der Waals surface area contributed by atoms with Crippen molar-refractivity contribution in [2.45, 2.75) is 19.8 Å². The van der Waals surface area contributed by atoms with Crippen LogP contribution in [-0.2, 0) is 4.79 Å². The van der Waals surface area contributed by atoms with E-state index in [1.165, 1.54) is 19.2 Å². The van der Waals surface area contributed by atoms with Gasteiger partial charge in [-0.1, -0.05) is 37.5 Å². The molecule has 1 N–H and O–H groups in total. The summed E-state index contributed by atoms with van der Waals surface area (Å²) in [6.45, 7) is 10.6. The molecule has 0 aromatic heterocycles. The van der Waals surface area contributed by atoms with Gasteiger partial charge in [0.2, 0.25) is 0 Å². The summed E-state index contributed by atoms with van der Waals surface area (Å²) >= 11 is 0. The van der Waals surface area contributed by atoms with Crippen LogP contribution in [0.25, 0.3) is 0 Å². The van der Waals surface area contributed by atoms with Crippen molar-refractivity contribution in [1.82, 2.24) is 0 Å². The Morgan fingerprint density at radius 3 is 2.45 bits per heavy atom. The third-order valence-corrected chi connectivity index (χ3v) is 3.66. The Hall–Kier alpha value is -2.36. The average Bonchev–Trinajstić information content (AvgIpc) is 2.46. The smallest absolute Gasteiger partial charge is 0.310 e. The Morgan fingerprint density at radius 1 is 1.41 bits per heavy atom. The van der Waals surface area contributed by atoms with Crippen LogP contribution < -0.4 is 4.74 Å². The molecule has 1 rings (SSSR count). The maximum absolute atomic E-state index is 14.0. The summed E-state index contributed by atoms with van der Waals surface area (Å²) in [5.41, 5.74) is 0.0509. The maximum atomic E-state index is 14.0. The first-order valence-electron chi connectivity index (χ1n) is 6.81. The number of hydrogen-bond donors (Lipinski definition) is 1. The molecule has 0 bridgehead atoms. The average molecular weight is 304 g/mol. The number of benzene rings is 1. The minimum absolute atomic E-state index is 0.114. The van der Waals surface area contributed by atoms with E-state index in [0.717, 1.165) is 0 Å². The van der Waals surface area contributed by atoms with Crippen LogP contribution in [0, 0.1) is 11.2 Å². The highest BCUT2D eigenvalue weighted by atomic mass is 19.1. The van der Waals surface area contributed by atoms with Crippen molar-refractivity contribution in [2.75, 3.05) is 7.11 Å². The van der Waals surface area contributed by atoms with Gasteiger partial charge in [-0.25, -0.2) is 4.39 Å².